The number of nitrogens with one attached hydrogen (secondary N) is 1. The third kappa shape index (κ3) is 5.48. The first kappa shape index (κ1) is 18.8. The fraction of sp³-hybridized carbons (Fsp3) is 0.400. The van der Waals surface area contributed by atoms with E-state index in [0.29, 0.717) is 32.4 Å². The lowest BCUT2D eigenvalue weighted by atomic mass is 9.90. The number of carbonyl (C=O) groups excluding carboxylic acids is 1. The summed E-state index contributed by atoms with van der Waals surface area (Å²) in [7, 11) is 0. The highest BCUT2D eigenvalue weighted by Gasteiger charge is 2.26. The van der Waals surface area contributed by atoms with Crippen LogP contribution in [-0.4, -0.2) is 30.1 Å². The number of rotatable bonds is 9. The van der Waals surface area contributed by atoms with Crippen LogP contribution < -0.4 is 10.1 Å². The van der Waals surface area contributed by atoms with Crippen LogP contribution in [0.4, 0.5) is 0 Å². The van der Waals surface area contributed by atoms with Crippen molar-refractivity contribution in [3.05, 3.63) is 42.5 Å². The van der Waals surface area contributed by atoms with Crippen molar-refractivity contribution in [1.29, 1.82) is 0 Å². The van der Waals surface area contributed by atoms with E-state index in [1.165, 1.54) is 0 Å². The van der Waals surface area contributed by atoms with Gasteiger partial charge in [0.15, 0.2) is 0 Å². The molecule has 2 rings (SSSR count). The summed E-state index contributed by atoms with van der Waals surface area (Å²) >= 11 is 0. The number of fused-ring (bicyclic) bond motifs is 1. The molecule has 1 amide bonds. The lowest BCUT2D eigenvalue weighted by Gasteiger charge is -2.18. The summed E-state index contributed by atoms with van der Waals surface area (Å²) < 4.78 is 5.80. The van der Waals surface area contributed by atoms with Crippen molar-refractivity contribution in [2.24, 2.45) is 5.41 Å². The van der Waals surface area contributed by atoms with E-state index in [-0.39, 0.29) is 5.91 Å². The van der Waals surface area contributed by atoms with Crippen LogP contribution in [0.3, 0.4) is 0 Å². The van der Waals surface area contributed by atoms with Crippen LogP contribution >= 0.6 is 0 Å². The van der Waals surface area contributed by atoms with Crippen LogP contribution in [0, 0.1) is 5.41 Å². The minimum absolute atomic E-state index is 0.0808. The topological polar surface area (TPSA) is 75.6 Å². The number of carbonyl (C=O) groups is 2. The van der Waals surface area contributed by atoms with Crippen molar-refractivity contribution in [2.75, 3.05) is 13.2 Å². The zero-order chi connectivity index (χ0) is 18.3. The number of aliphatic carboxylic acids is 1. The van der Waals surface area contributed by atoms with Gasteiger partial charge in [0.2, 0.25) is 5.91 Å². The van der Waals surface area contributed by atoms with Crippen molar-refractivity contribution in [3.8, 4) is 5.75 Å². The molecular formula is C20H25NO4. The van der Waals surface area contributed by atoms with E-state index in [4.69, 9.17) is 9.84 Å². The van der Waals surface area contributed by atoms with Gasteiger partial charge in [0.1, 0.15) is 5.75 Å². The highest BCUT2D eigenvalue weighted by Crippen LogP contribution is 2.25. The van der Waals surface area contributed by atoms with E-state index < -0.39 is 11.4 Å². The lowest BCUT2D eigenvalue weighted by molar-refractivity contribution is -0.147. The van der Waals surface area contributed by atoms with E-state index >= 15 is 0 Å². The first-order valence-electron chi connectivity index (χ1n) is 8.51. The van der Waals surface area contributed by atoms with Crippen LogP contribution in [0.25, 0.3) is 10.8 Å². The van der Waals surface area contributed by atoms with Gasteiger partial charge < -0.3 is 15.2 Å². The van der Waals surface area contributed by atoms with E-state index in [1.807, 2.05) is 42.5 Å². The van der Waals surface area contributed by atoms with E-state index in [1.54, 1.807) is 13.8 Å². The van der Waals surface area contributed by atoms with Gasteiger partial charge in [0.05, 0.1) is 12.0 Å². The molecule has 2 N–H and O–H groups in total. The number of carboxylic acid groups (broad SMARTS) is 1. The molecule has 0 saturated heterocycles. The molecule has 0 radical (unpaired) electrons. The summed E-state index contributed by atoms with van der Waals surface area (Å²) in [4.78, 5) is 22.8. The smallest absolute Gasteiger partial charge is 0.309 e. The highest BCUT2D eigenvalue weighted by atomic mass is 16.5. The average molecular weight is 343 g/mol. The third-order valence-electron chi connectivity index (χ3n) is 4.21. The standard InChI is InChI=1S/C20H25NO4/c1-20(2,19(23)24)12-13-21-18(22)11-6-14-25-17-10-5-8-15-7-3-4-9-16(15)17/h3-5,7-10H,6,11-14H2,1-2H3,(H,21,22)(H,23,24). The second-order valence-electron chi connectivity index (χ2n) is 6.72. The molecule has 2 aromatic carbocycles. The van der Waals surface area contributed by atoms with E-state index in [9.17, 15) is 9.59 Å². The fourth-order valence-corrected chi connectivity index (χ4v) is 2.45. The Kier molecular flexibility index (Phi) is 6.39. The fourth-order valence-electron chi connectivity index (χ4n) is 2.45. The number of benzene rings is 2. The zero-order valence-corrected chi connectivity index (χ0v) is 14.7. The highest BCUT2D eigenvalue weighted by molar-refractivity contribution is 5.88. The molecule has 0 aliphatic rings. The van der Waals surface area contributed by atoms with E-state index in [0.717, 1.165) is 16.5 Å². The number of hydrogen-bond donors (Lipinski definition) is 2. The quantitative estimate of drug-likeness (QED) is 0.682. The summed E-state index contributed by atoms with van der Waals surface area (Å²) in [6, 6.07) is 13.9. The molecule has 5 nitrogen and oxygen atoms in total. The Labute approximate surface area is 148 Å². The van der Waals surface area contributed by atoms with Crippen LogP contribution in [0.5, 0.6) is 5.75 Å². The van der Waals surface area contributed by atoms with Gasteiger partial charge in [-0.3, -0.25) is 9.59 Å². The normalized spacial score (nSPS) is 11.3. The largest absolute Gasteiger partial charge is 0.493 e. The molecule has 0 spiro atoms. The van der Waals surface area contributed by atoms with Gasteiger partial charge in [-0.05, 0) is 38.1 Å². The Morgan fingerprint density at radius 2 is 1.84 bits per heavy atom. The lowest BCUT2D eigenvalue weighted by Crippen LogP contribution is -2.31. The molecule has 5 heteroatoms. The molecule has 0 heterocycles. The first-order valence-corrected chi connectivity index (χ1v) is 8.51. The Morgan fingerprint density at radius 3 is 2.60 bits per heavy atom. The Balaban J connectivity index is 1.70. The molecule has 0 aliphatic carbocycles. The summed E-state index contributed by atoms with van der Waals surface area (Å²) in [5, 5.41) is 14.0. The van der Waals surface area contributed by atoms with Crippen molar-refractivity contribution >= 4 is 22.6 Å². The summed E-state index contributed by atoms with van der Waals surface area (Å²) in [5.41, 5.74) is -0.829. The van der Waals surface area contributed by atoms with Crippen molar-refractivity contribution in [3.63, 3.8) is 0 Å². The Hall–Kier alpha value is -2.56. The first-order chi connectivity index (χ1) is 11.9. The second kappa shape index (κ2) is 8.51. The molecule has 0 aromatic heterocycles. The maximum atomic E-state index is 11.8. The van der Waals surface area contributed by atoms with Gasteiger partial charge in [0, 0.05) is 18.4 Å². The predicted molar refractivity (Wildman–Crippen MR) is 97.7 cm³/mol. The molecule has 2 aromatic rings. The van der Waals surface area contributed by atoms with Crippen LogP contribution in [0.2, 0.25) is 0 Å². The van der Waals surface area contributed by atoms with Crippen molar-refractivity contribution < 1.29 is 19.4 Å². The third-order valence-corrected chi connectivity index (χ3v) is 4.21. The molecule has 0 aliphatic heterocycles. The summed E-state index contributed by atoms with van der Waals surface area (Å²) in [6.07, 6.45) is 1.37. The molecule has 0 saturated carbocycles. The van der Waals surface area contributed by atoms with Crippen LogP contribution in [0.15, 0.2) is 42.5 Å². The molecule has 0 bridgehead atoms. The van der Waals surface area contributed by atoms with Gasteiger partial charge in [-0.2, -0.15) is 0 Å². The predicted octanol–water partition coefficient (Wildman–Crippen LogP) is 3.62. The molecule has 0 fully saturated rings. The van der Waals surface area contributed by atoms with Gasteiger partial charge in [-0.15, -0.1) is 0 Å². The number of carboxylic acids is 1. The molecule has 25 heavy (non-hydrogen) atoms. The minimum Gasteiger partial charge on any atom is -0.493 e. The number of amides is 1. The average Bonchev–Trinajstić information content (AvgIpc) is 2.58. The number of hydrogen-bond acceptors (Lipinski definition) is 3. The zero-order valence-electron chi connectivity index (χ0n) is 14.7. The van der Waals surface area contributed by atoms with Crippen LogP contribution in [-0.2, 0) is 9.59 Å². The minimum atomic E-state index is -0.856. The molecule has 0 atom stereocenters. The SMILES string of the molecule is CC(C)(CCNC(=O)CCCOc1cccc2ccccc12)C(=O)O. The maximum absolute atomic E-state index is 11.8. The Morgan fingerprint density at radius 1 is 1.12 bits per heavy atom. The van der Waals surface area contributed by atoms with Crippen molar-refractivity contribution in [1.82, 2.24) is 5.32 Å². The van der Waals surface area contributed by atoms with Crippen LogP contribution in [0.1, 0.15) is 33.1 Å². The molecular weight excluding hydrogens is 318 g/mol. The Bertz CT molecular complexity index is 734. The molecule has 134 valence electrons. The summed E-state index contributed by atoms with van der Waals surface area (Å²) in [6.45, 7) is 4.13. The molecule has 0 unspecified atom stereocenters. The number of ether oxygens (including phenoxy) is 1. The van der Waals surface area contributed by atoms with Gasteiger partial charge in [0.25, 0.3) is 0 Å². The monoisotopic (exact) mass is 343 g/mol. The second-order valence-corrected chi connectivity index (χ2v) is 6.72. The van der Waals surface area contributed by atoms with Gasteiger partial charge in [-0.1, -0.05) is 36.4 Å². The van der Waals surface area contributed by atoms with Gasteiger partial charge >= 0.3 is 5.97 Å². The van der Waals surface area contributed by atoms with Gasteiger partial charge in [-0.25, -0.2) is 0 Å². The van der Waals surface area contributed by atoms with E-state index in [2.05, 4.69) is 5.32 Å². The van der Waals surface area contributed by atoms with Crippen molar-refractivity contribution in [2.45, 2.75) is 33.1 Å². The summed E-state index contributed by atoms with van der Waals surface area (Å²) in [5.74, 6) is -0.116. The maximum Gasteiger partial charge on any atom is 0.309 e.